The Kier molecular flexibility index (Phi) is 11.6. The SMILES string of the molecule is CCCNCC(O)CN(CCC(C)C)CCC(C)C. The van der Waals surface area contributed by atoms with Crippen LogP contribution in [0.25, 0.3) is 0 Å². The summed E-state index contributed by atoms with van der Waals surface area (Å²) < 4.78 is 0. The van der Waals surface area contributed by atoms with E-state index in [-0.39, 0.29) is 6.10 Å². The molecule has 0 amide bonds. The summed E-state index contributed by atoms with van der Waals surface area (Å²) in [6, 6.07) is 0. The minimum atomic E-state index is -0.245. The molecule has 2 N–H and O–H groups in total. The average molecular weight is 272 g/mol. The summed E-state index contributed by atoms with van der Waals surface area (Å²) in [4.78, 5) is 2.43. The standard InChI is InChI=1S/C16H36N2O/c1-6-9-17-12-16(19)13-18(10-7-14(2)3)11-8-15(4)5/h14-17,19H,6-13H2,1-5H3. The third kappa shape index (κ3) is 12.6. The Morgan fingerprint density at radius 1 is 1.00 bits per heavy atom. The van der Waals surface area contributed by atoms with E-state index in [2.05, 4.69) is 44.8 Å². The van der Waals surface area contributed by atoms with Crippen molar-refractivity contribution in [1.29, 1.82) is 0 Å². The molecular weight excluding hydrogens is 236 g/mol. The number of hydrogen-bond donors (Lipinski definition) is 2. The van der Waals surface area contributed by atoms with E-state index < -0.39 is 0 Å². The maximum atomic E-state index is 10.1. The van der Waals surface area contributed by atoms with Crippen molar-refractivity contribution in [2.75, 3.05) is 32.7 Å². The molecule has 0 aliphatic heterocycles. The predicted octanol–water partition coefficient (Wildman–Crippen LogP) is 2.74. The van der Waals surface area contributed by atoms with Crippen molar-refractivity contribution in [3.63, 3.8) is 0 Å². The molecule has 0 saturated carbocycles. The molecule has 0 bridgehead atoms. The first-order valence-electron chi connectivity index (χ1n) is 8.06. The van der Waals surface area contributed by atoms with Gasteiger partial charge in [-0.05, 0) is 50.7 Å². The third-order valence-corrected chi connectivity index (χ3v) is 3.32. The lowest BCUT2D eigenvalue weighted by molar-refractivity contribution is 0.105. The van der Waals surface area contributed by atoms with Gasteiger partial charge in [0.15, 0.2) is 0 Å². The normalized spacial score (nSPS) is 13.7. The first-order valence-corrected chi connectivity index (χ1v) is 8.06. The number of hydrogen-bond acceptors (Lipinski definition) is 3. The smallest absolute Gasteiger partial charge is 0.0791 e. The van der Waals surface area contributed by atoms with Gasteiger partial charge in [0.05, 0.1) is 6.10 Å². The molecule has 0 aromatic heterocycles. The highest BCUT2D eigenvalue weighted by molar-refractivity contribution is 4.68. The van der Waals surface area contributed by atoms with Crippen molar-refractivity contribution >= 4 is 0 Å². The zero-order valence-electron chi connectivity index (χ0n) is 13.8. The Balaban J connectivity index is 4.00. The Hall–Kier alpha value is -0.120. The van der Waals surface area contributed by atoms with Crippen LogP contribution in [0, 0.1) is 11.8 Å². The van der Waals surface area contributed by atoms with E-state index in [1.54, 1.807) is 0 Å². The predicted molar refractivity (Wildman–Crippen MR) is 84.5 cm³/mol. The van der Waals surface area contributed by atoms with Gasteiger partial charge in [-0.3, -0.25) is 0 Å². The fourth-order valence-corrected chi connectivity index (χ4v) is 1.98. The zero-order valence-corrected chi connectivity index (χ0v) is 13.8. The summed E-state index contributed by atoms with van der Waals surface area (Å²) in [5.41, 5.74) is 0. The molecule has 0 aliphatic carbocycles. The van der Waals surface area contributed by atoms with Crippen molar-refractivity contribution in [3.8, 4) is 0 Å². The highest BCUT2D eigenvalue weighted by atomic mass is 16.3. The molecule has 116 valence electrons. The molecule has 0 fully saturated rings. The van der Waals surface area contributed by atoms with Crippen LogP contribution in [0.2, 0.25) is 0 Å². The maximum absolute atomic E-state index is 10.1. The maximum Gasteiger partial charge on any atom is 0.0791 e. The summed E-state index contributed by atoms with van der Waals surface area (Å²) in [5.74, 6) is 1.47. The van der Waals surface area contributed by atoms with Crippen LogP contribution in [0.1, 0.15) is 53.9 Å². The Bertz CT molecular complexity index is 183. The molecule has 0 radical (unpaired) electrons. The van der Waals surface area contributed by atoms with E-state index in [9.17, 15) is 5.11 Å². The lowest BCUT2D eigenvalue weighted by Crippen LogP contribution is -2.40. The van der Waals surface area contributed by atoms with Crippen LogP contribution in [0.3, 0.4) is 0 Å². The Morgan fingerprint density at radius 2 is 1.53 bits per heavy atom. The van der Waals surface area contributed by atoms with Crippen LogP contribution in [0.4, 0.5) is 0 Å². The van der Waals surface area contributed by atoms with Crippen molar-refractivity contribution in [1.82, 2.24) is 10.2 Å². The molecule has 0 rings (SSSR count). The highest BCUT2D eigenvalue weighted by Crippen LogP contribution is 2.07. The lowest BCUT2D eigenvalue weighted by Gasteiger charge is -2.26. The molecule has 0 saturated heterocycles. The molecule has 1 atom stereocenters. The number of aliphatic hydroxyl groups excluding tert-OH is 1. The van der Waals surface area contributed by atoms with Crippen molar-refractivity contribution in [2.24, 2.45) is 11.8 Å². The van der Waals surface area contributed by atoms with Crippen LogP contribution < -0.4 is 5.32 Å². The van der Waals surface area contributed by atoms with Gasteiger partial charge < -0.3 is 15.3 Å². The molecule has 19 heavy (non-hydrogen) atoms. The monoisotopic (exact) mass is 272 g/mol. The van der Waals surface area contributed by atoms with Gasteiger partial charge >= 0.3 is 0 Å². The fourth-order valence-electron chi connectivity index (χ4n) is 1.98. The Labute approximate surface area is 120 Å². The van der Waals surface area contributed by atoms with Crippen molar-refractivity contribution < 1.29 is 5.11 Å². The van der Waals surface area contributed by atoms with Crippen molar-refractivity contribution in [2.45, 2.75) is 60.0 Å². The van der Waals surface area contributed by atoms with E-state index in [0.717, 1.165) is 44.4 Å². The second kappa shape index (κ2) is 11.7. The molecule has 0 aliphatic rings. The zero-order chi connectivity index (χ0) is 14.7. The van der Waals surface area contributed by atoms with Gasteiger partial charge in [-0.2, -0.15) is 0 Å². The average Bonchev–Trinajstić information content (AvgIpc) is 2.32. The molecule has 1 unspecified atom stereocenters. The highest BCUT2D eigenvalue weighted by Gasteiger charge is 2.12. The van der Waals surface area contributed by atoms with Crippen LogP contribution in [-0.4, -0.2) is 48.8 Å². The van der Waals surface area contributed by atoms with Crippen LogP contribution in [0.5, 0.6) is 0 Å². The van der Waals surface area contributed by atoms with Gasteiger partial charge in [0.2, 0.25) is 0 Å². The number of nitrogens with zero attached hydrogens (tertiary/aromatic N) is 1. The fraction of sp³-hybridized carbons (Fsp3) is 1.00. The summed E-state index contributed by atoms with van der Waals surface area (Å²) in [5, 5.41) is 13.4. The van der Waals surface area contributed by atoms with E-state index in [1.807, 2.05) is 0 Å². The third-order valence-electron chi connectivity index (χ3n) is 3.32. The van der Waals surface area contributed by atoms with Gasteiger partial charge in [-0.1, -0.05) is 34.6 Å². The molecule has 0 aromatic rings. The first-order chi connectivity index (χ1) is 8.95. The van der Waals surface area contributed by atoms with Gasteiger partial charge in [-0.25, -0.2) is 0 Å². The molecule has 0 spiro atoms. The van der Waals surface area contributed by atoms with Crippen LogP contribution in [-0.2, 0) is 0 Å². The van der Waals surface area contributed by atoms with E-state index in [1.165, 1.54) is 12.8 Å². The van der Waals surface area contributed by atoms with Gasteiger partial charge in [0.1, 0.15) is 0 Å². The van der Waals surface area contributed by atoms with Crippen LogP contribution >= 0.6 is 0 Å². The Morgan fingerprint density at radius 3 is 1.95 bits per heavy atom. The molecule has 0 aromatic carbocycles. The van der Waals surface area contributed by atoms with E-state index in [4.69, 9.17) is 0 Å². The van der Waals surface area contributed by atoms with Crippen LogP contribution in [0.15, 0.2) is 0 Å². The summed E-state index contributed by atoms with van der Waals surface area (Å²) in [7, 11) is 0. The second-order valence-corrected chi connectivity index (χ2v) is 6.52. The molecular formula is C16H36N2O. The minimum absolute atomic E-state index is 0.245. The molecule has 3 nitrogen and oxygen atoms in total. The van der Waals surface area contributed by atoms with Gasteiger partial charge in [0, 0.05) is 13.1 Å². The van der Waals surface area contributed by atoms with E-state index in [0.29, 0.717) is 6.54 Å². The largest absolute Gasteiger partial charge is 0.390 e. The number of aliphatic hydroxyl groups is 1. The van der Waals surface area contributed by atoms with E-state index >= 15 is 0 Å². The van der Waals surface area contributed by atoms with Gasteiger partial charge in [-0.15, -0.1) is 0 Å². The first kappa shape index (κ1) is 18.9. The summed E-state index contributed by atoms with van der Waals surface area (Å²) in [6.07, 6.45) is 3.31. The number of nitrogens with one attached hydrogen (secondary N) is 1. The second-order valence-electron chi connectivity index (χ2n) is 6.52. The molecule has 0 heterocycles. The molecule has 3 heteroatoms. The van der Waals surface area contributed by atoms with Gasteiger partial charge in [0.25, 0.3) is 0 Å². The summed E-state index contributed by atoms with van der Waals surface area (Å²) in [6.45, 7) is 15.9. The summed E-state index contributed by atoms with van der Waals surface area (Å²) >= 11 is 0. The minimum Gasteiger partial charge on any atom is -0.390 e. The quantitative estimate of drug-likeness (QED) is 0.536. The topological polar surface area (TPSA) is 35.5 Å². The van der Waals surface area contributed by atoms with Crippen molar-refractivity contribution in [3.05, 3.63) is 0 Å². The lowest BCUT2D eigenvalue weighted by atomic mass is 10.1. The number of rotatable bonds is 12.